The lowest BCUT2D eigenvalue weighted by Gasteiger charge is -2.11. The lowest BCUT2D eigenvalue weighted by atomic mass is 10.2. The maximum absolute atomic E-state index is 6.02. The molecule has 20 heavy (non-hydrogen) atoms. The third-order valence-electron chi connectivity index (χ3n) is 2.71. The molecule has 4 heteroatoms. The molecule has 2 rings (SSSR count). The van der Waals surface area contributed by atoms with Gasteiger partial charge in [-0.05, 0) is 29.8 Å². The zero-order valence-electron chi connectivity index (χ0n) is 10.9. The Morgan fingerprint density at radius 3 is 2.65 bits per heavy atom. The molecule has 1 nitrogen and oxygen atoms in total. The number of halogens is 2. The SMILES string of the molecule is C=CCSc1ccccc1NCc1ccc(Cl)c(Cl)c1. The molecule has 0 fully saturated rings. The summed E-state index contributed by atoms with van der Waals surface area (Å²) in [6.07, 6.45) is 1.90. The fourth-order valence-corrected chi connectivity index (χ4v) is 2.82. The largest absolute Gasteiger partial charge is 0.380 e. The summed E-state index contributed by atoms with van der Waals surface area (Å²) in [6.45, 7) is 4.46. The minimum Gasteiger partial charge on any atom is -0.380 e. The first kappa shape index (κ1) is 15.3. The molecule has 2 aromatic carbocycles. The van der Waals surface area contributed by atoms with Gasteiger partial charge in [0.2, 0.25) is 0 Å². The van der Waals surface area contributed by atoms with Gasteiger partial charge in [0.15, 0.2) is 0 Å². The zero-order chi connectivity index (χ0) is 14.4. The number of para-hydroxylation sites is 1. The van der Waals surface area contributed by atoms with Crippen LogP contribution in [0.2, 0.25) is 10.0 Å². The Hall–Kier alpha value is -1.09. The number of thioether (sulfide) groups is 1. The summed E-state index contributed by atoms with van der Waals surface area (Å²) in [6, 6.07) is 13.9. The predicted molar refractivity (Wildman–Crippen MR) is 91.2 cm³/mol. The summed E-state index contributed by atoms with van der Waals surface area (Å²) in [7, 11) is 0. The molecule has 2 aromatic rings. The Kier molecular flexibility index (Phi) is 5.84. The third kappa shape index (κ3) is 4.20. The van der Waals surface area contributed by atoms with Gasteiger partial charge in [-0.3, -0.25) is 0 Å². The van der Waals surface area contributed by atoms with Crippen LogP contribution in [0.15, 0.2) is 60.0 Å². The van der Waals surface area contributed by atoms with Crippen molar-refractivity contribution in [3.8, 4) is 0 Å². The van der Waals surface area contributed by atoms with E-state index in [-0.39, 0.29) is 0 Å². The van der Waals surface area contributed by atoms with E-state index in [9.17, 15) is 0 Å². The molecule has 0 saturated carbocycles. The van der Waals surface area contributed by atoms with Gasteiger partial charge in [0.05, 0.1) is 10.0 Å². The van der Waals surface area contributed by atoms with E-state index in [1.165, 1.54) is 4.90 Å². The van der Waals surface area contributed by atoms with E-state index in [4.69, 9.17) is 23.2 Å². The number of benzene rings is 2. The highest BCUT2D eigenvalue weighted by Gasteiger charge is 2.03. The molecular weight excluding hydrogens is 309 g/mol. The van der Waals surface area contributed by atoms with Crippen LogP contribution in [0.4, 0.5) is 5.69 Å². The van der Waals surface area contributed by atoms with Gasteiger partial charge >= 0.3 is 0 Å². The lowest BCUT2D eigenvalue weighted by Crippen LogP contribution is -2.00. The summed E-state index contributed by atoms with van der Waals surface area (Å²) < 4.78 is 0. The van der Waals surface area contributed by atoms with Crippen molar-refractivity contribution in [2.24, 2.45) is 0 Å². The predicted octanol–water partition coefficient (Wildman–Crippen LogP) is 5.88. The Morgan fingerprint density at radius 1 is 1.10 bits per heavy atom. The van der Waals surface area contributed by atoms with E-state index in [1.807, 2.05) is 36.4 Å². The van der Waals surface area contributed by atoms with Crippen molar-refractivity contribution in [1.82, 2.24) is 0 Å². The molecule has 0 atom stereocenters. The van der Waals surface area contributed by atoms with E-state index >= 15 is 0 Å². The Balaban J connectivity index is 2.06. The fraction of sp³-hybridized carbons (Fsp3) is 0.125. The first-order valence-corrected chi connectivity index (χ1v) is 7.95. The Morgan fingerprint density at radius 2 is 1.90 bits per heavy atom. The van der Waals surface area contributed by atoms with E-state index in [2.05, 4.69) is 24.0 Å². The second kappa shape index (κ2) is 7.63. The summed E-state index contributed by atoms with van der Waals surface area (Å²) in [5.74, 6) is 0.894. The first-order valence-electron chi connectivity index (χ1n) is 6.21. The monoisotopic (exact) mass is 323 g/mol. The van der Waals surface area contributed by atoms with Gasteiger partial charge in [-0.25, -0.2) is 0 Å². The molecule has 0 amide bonds. The maximum atomic E-state index is 6.02. The molecule has 0 aliphatic heterocycles. The average Bonchev–Trinajstić information content (AvgIpc) is 2.47. The second-order valence-electron chi connectivity index (χ2n) is 4.20. The van der Waals surface area contributed by atoms with Crippen LogP contribution in [0.3, 0.4) is 0 Å². The minimum absolute atomic E-state index is 0.581. The fourth-order valence-electron chi connectivity index (χ4n) is 1.73. The van der Waals surface area contributed by atoms with Gasteiger partial charge in [0.25, 0.3) is 0 Å². The topological polar surface area (TPSA) is 12.0 Å². The van der Waals surface area contributed by atoms with Crippen molar-refractivity contribution < 1.29 is 0 Å². The molecule has 0 heterocycles. The lowest BCUT2D eigenvalue weighted by molar-refractivity contribution is 1.13. The first-order chi connectivity index (χ1) is 9.70. The second-order valence-corrected chi connectivity index (χ2v) is 6.07. The maximum Gasteiger partial charge on any atom is 0.0595 e. The smallest absolute Gasteiger partial charge is 0.0595 e. The Bertz CT molecular complexity index is 599. The van der Waals surface area contributed by atoms with E-state index < -0.39 is 0 Å². The van der Waals surface area contributed by atoms with Crippen LogP contribution in [0.25, 0.3) is 0 Å². The minimum atomic E-state index is 0.581. The molecule has 0 bridgehead atoms. The molecule has 0 aromatic heterocycles. The van der Waals surface area contributed by atoms with Crippen LogP contribution in [-0.4, -0.2) is 5.75 Å². The van der Waals surface area contributed by atoms with Gasteiger partial charge < -0.3 is 5.32 Å². The molecule has 0 unspecified atom stereocenters. The van der Waals surface area contributed by atoms with Crippen LogP contribution in [0, 0.1) is 0 Å². The van der Waals surface area contributed by atoms with Crippen molar-refractivity contribution in [1.29, 1.82) is 0 Å². The van der Waals surface area contributed by atoms with Gasteiger partial charge in [0.1, 0.15) is 0 Å². The van der Waals surface area contributed by atoms with Crippen molar-refractivity contribution in [2.45, 2.75) is 11.4 Å². The molecule has 0 radical (unpaired) electrons. The highest BCUT2D eigenvalue weighted by Crippen LogP contribution is 2.28. The average molecular weight is 324 g/mol. The van der Waals surface area contributed by atoms with Gasteiger partial charge in [-0.1, -0.05) is 47.5 Å². The van der Waals surface area contributed by atoms with Crippen molar-refractivity contribution in [3.63, 3.8) is 0 Å². The molecule has 0 aliphatic rings. The van der Waals surface area contributed by atoms with Gasteiger partial charge in [-0.15, -0.1) is 18.3 Å². The van der Waals surface area contributed by atoms with Crippen LogP contribution in [0.5, 0.6) is 0 Å². The van der Waals surface area contributed by atoms with Gasteiger partial charge in [-0.2, -0.15) is 0 Å². The number of anilines is 1. The Labute approximate surface area is 134 Å². The highest BCUT2D eigenvalue weighted by molar-refractivity contribution is 7.99. The summed E-state index contributed by atoms with van der Waals surface area (Å²) in [5.41, 5.74) is 2.22. The zero-order valence-corrected chi connectivity index (χ0v) is 13.2. The molecule has 0 aliphatic carbocycles. The highest BCUT2D eigenvalue weighted by atomic mass is 35.5. The van der Waals surface area contributed by atoms with Crippen LogP contribution in [0.1, 0.15) is 5.56 Å². The number of rotatable bonds is 6. The molecular formula is C16H15Cl2NS. The van der Waals surface area contributed by atoms with Crippen LogP contribution >= 0.6 is 35.0 Å². The molecule has 0 saturated heterocycles. The quantitative estimate of drug-likeness (QED) is 0.526. The summed E-state index contributed by atoms with van der Waals surface area (Å²) in [5, 5.41) is 4.59. The number of hydrogen-bond donors (Lipinski definition) is 1. The van der Waals surface area contributed by atoms with Crippen LogP contribution in [-0.2, 0) is 6.54 Å². The molecule has 104 valence electrons. The molecule has 1 N–H and O–H groups in total. The number of hydrogen-bond acceptors (Lipinski definition) is 2. The third-order valence-corrected chi connectivity index (χ3v) is 4.52. The number of nitrogens with one attached hydrogen (secondary N) is 1. The van der Waals surface area contributed by atoms with Crippen molar-refractivity contribution >= 4 is 40.7 Å². The van der Waals surface area contributed by atoms with Crippen molar-refractivity contribution in [2.75, 3.05) is 11.1 Å². The molecule has 0 spiro atoms. The summed E-state index contributed by atoms with van der Waals surface area (Å²) in [4.78, 5) is 1.22. The standard InChI is InChI=1S/C16H15Cl2NS/c1-2-9-20-16-6-4-3-5-15(16)19-11-12-7-8-13(17)14(18)10-12/h2-8,10,19H,1,9,11H2. The van der Waals surface area contributed by atoms with Crippen LogP contribution < -0.4 is 5.32 Å². The van der Waals surface area contributed by atoms with E-state index in [1.54, 1.807) is 11.8 Å². The van der Waals surface area contributed by atoms with Crippen molar-refractivity contribution in [3.05, 3.63) is 70.7 Å². The van der Waals surface area contributed by atoms with E-state index in [0.717, 1.165) is 17.0 Å². The summed E-state index contributed by atoms with van der Waals surface area (Å²) >= 11 is 13.7. The van der Waals surface area contributed by atoms with Gasteiger partial charge in [0, 0.05) is 22.9 Å². The van der Waals surface area contributed by atoms with E-state index in [0.29, 0.717) is 16.6 Å². The normalized spacial score (nSPS) is 10.3.